The first-order valence-electron chi connectivity index (χ1n) is 13.0. The minimum Gasteiger partial charge on any atom is -0.493 e. The molecular weight excluding hydrogens is 505 g/mol. The molecule has 1 saturated heterocycles. The summed E-state index contributed by atoms with van der Waals surface area (Å²) >= 11 is 0. The van der Waals surface area contributed by atoms with Crippen LogP contribution in [-0.4, -0.2) is 72.7 Å². The first kappa shape index (κ1) is 24.8. The lowest BCUT2D eigenvalue weighted by molar-refractivity contribution is 0.0949. The van der Waals surface area contributed by atoms with Gasteiger partial charge in [-0.05, 0) is 63.0 Å². The number of imidazole rings is 1. The third-order valence-corrected chi connectivity index (χ3v) is 6.78. The number of hydrogen-bond acceptors (Lipinski definition) is 8. The summed E-state index contributed by atoms with van der Waals surface area (Å²) < 4.78 is 16.6. The molecule has 1 aliphatic heterocycles. The second kappa shape index (κ2) is 10.3. The number of carbonyl (C=O) groups is 1. The first-order valence-corrected chi connectivity index (χ1v) is 13.0. The van der Waals surface area contributed by atoms with Gasteiger partial charge in [-0.2, -0.15) is 9.61 Å². The number of aromatic amines is 2. The highest BCUT2D eigenvalue weighted by Gasteiger charge is 2.20. The zero-order chi connectivity index (χ0) is 26.9. The fraction of sp³-hybridized carbons (Fsp3) is 0.346. The molecule has 4 aromatic rings. The SMILES string of the molecule is O=C(NCCN1CCCC1)c1ccc(Nc2cc(=NC3CC3)n3nc/c(=C/c4[nH]c(=O)[nH]c4O)c3n2)c(F)c1. The van der Waals surface area contributed by atoms with E-state index in [-0.39, 0.29) is 34.8 Å². The molecule has 39 heavy (non-hydrogen) atoms. The number of carbonyl (C=O) groups excluding carboxylic acids is 1. The lowest BCUT2D eigenvalue weighted by Gasteiger charge is -2.15. The second-order valence-electron chi connectivity index (χ2n) is 9.81. The van der Waals surface area contributed by atoms with Crippen molar-refractivity contribution in [3.63, 3.8) is 0 Å². The normalized spacial score (nSPS) is 16.8. The number of rotatable bonds is 8. The molecule has 1 aliphatic carbocycles. The zero-order valence-electron chi connectivity index (χ0n) is 21.1. The maximum atomic E-state index is 15.1. The molecule has 0 spiro atoms. The van der Waals surface area contributed by atoms with E-state index in [1.165, 1.54) is 31.1 Å². The van der Waals surface area contributed by atoms with Crippen molar-refractivity contribution < 1.29 is 14.3 Å². The molecule has 0 bridgehead atoms. The van der Waals surface area contributed by atoms with Gasteiger partial charge in [0.05, 0.1) is 17.9 Å². The summed E-state index contributed by atoms with van der Waals surface area (Å²) in [5.74, 6) is -0.904. The van der Waals surface area contributed by atoms with Crippen LogP contribution in [-0.2, 0) is 0 Å². The summed E-state index contributed by atoms with van der Waals surface area (Å²) in [6, 6.07) is 6.12. The third-order valence-electron chi connectivity index (χ3n) is 6.78. The van der Waals surface area contributed by atoms with Crippen molar-refractivity contribution in [2.75, 3.05) is 31.5 Å². The van der Waals surface area contributed by atoms with Crippen LogP contribution in [0, 0.1) is 5.82 Å². The molecule has 12 nitrogen and oxygen atoms in total. The third kappa shape index (κ3) is 5.53. The van der Waals surface area contributed by atoms with Gasteiger partial charge >= 0.3 is 5.69 Å². The lowest BCUT2D eigenvalue weighted by Crippen LogP contribution is -2.33. The van der Waals surface area contributed by atoms with Crippen LogP contribution in [0.3, 0.4) is 0 Å². The molecule has 3 aromatic heterocycles. The largest absolute Gasteiger partial charge is 0.493 e. The van der Waals surface area contributed by atoms with Gasteiger partial charge < -0.3 is 25.6 Å². The predicted octanol–water partition coefficient (Wildman–Crippen LogP) is 0.770. The van der Waals surface area contributed by atoms with E-state index in [9.17, 15) is 14.7 Å². The first-order chi connectivity index (χ1) is 18.9. The van der Waals surface area contributed by atoms with E-state index in [2.05, 4.69) is 35.6 Å². The summed E-state index contributed by atoms with van der Waals surface area (Å²) in [6.07, 6.45) is 7.39. The van der Waals surface area contributed by atoms with Gasteiger partial charge in [-0.15, -0.1) is 0 Å². The minimum atomic E-state index is -0.598. The number of anilines is 2. The Morgan fingerprint density at radius 2 is 2.05 bits per heavy atom. The fourth-order valence-electron chi connectivity index (χ4n) is 4.59. The zero-order valence-corrected chi connectivity index (χ0v) is 21.1. The predicted molar refractivity (Wildman–Crippen MR) is 141 cm³/mol. The van der Waals surface area contributed by atoms with Gasteiger partial charge in [-0.1, -0.05) is 0 Å². The number of H-pyrrole nitrogens is 2. The molecule has 1 aromatic carbocycles. The maximum absolute atomic E-state index is 15.1. The van der Waals surface area contributed by atoms with E-state index >= 15 is 4.39 Å². The number of hydrogen-bond donors (Lipinski definition) is 5. The Morgan fingerprint density at radius 1 is 1.23 bits per heavy atom. The van der Waals surface area contributed by atoms with Gasteiger partial charge in [-0.25, -0.2) is 14.2 Å². The summed E-state index contributed by atoms with van der Waals surface area (Å²) in [5.41, 5.74) is 0.946. The van der Waals surface area contributed by atoms with Crippen LogP contribution in [0.5, 0.6) is 5.88 Å². The monoisotopic (exact) mass is 533 g/mol. The molecule has 5 N–H and O–H groups in total. The molecule has 202 valence electrons. The van der Waals surface area contributed by atoms with E-state index in [1.54, 1.807) is 22.8 Å². The Morgan fingerprint density at radius 3 is 2.77 bits per heavy atom. The topological polar surface area (TPSA) is 156 Å². The number of halogens is 1. The highest BCUT2D eigenvalue weighted by molar-refractivity contribution is 5.94. The summed E-state index contributed by atoms with van der Waals surface area (Å²) in [6.45, 7) is 3.39. The summed E-state index contributed by atoms with van der Waals surface area (Å²) in [7, 11) is 0. The van der Waals surface area contributed by atoms with Crippen LogP contribution >= 0.6 is 0 Å². The van der Waals surface area contributed by atoms with E-state index in [1.807, 2.05) is 0 Å². The van der Waals surface area contributed by atoms with Gasteiger partial charge in [0.1, 0.15) is 17.3 Å². The summed E-state index contributed by atoms with van der Waals surface area (Å²) in [5, 5.41) is 20.7. The molecule has 13 heteroatoms. The van der Waals surface area contributed by atoms with Gasteiger partial charge in [-0.3, -0.25) is 14.8 Å². The molecule has 2 aliphatic rings. The van der Waals surface area contributed by atoms with Crippen molar-refractivity contribution in [1.29, 1.82) is 0 Å². The van der Waals surface area contributed by atoms with Crippen molar-refractivity contribution in [2.24, 2.45) is 4.99 Å². The minimum absolute atomic E-state index is 0.149. The fourth-order valence-corrected chi connectivity index (χ4v) is 4.59. The van der Waals surface area contributed by atoms with Gasteiger partial charge in [0.15, 0.2) is 11.1 Å². The van der Waals surface area contributed by atoms with Crippen molar-refractivity contribution in [3.05, 3.63) is 68.7 Å². The second-order valence-corrected chi connectivity index (χ2v) is 9.81. The van der Waals surface area contributed by atoms with Crippen LogP contribution in [0.25, 0.3) is 11.7 Å². The number of nitrogens with zero attached hydrogens (tertiary/aromatic N) is 5. The maximum Gasteiger partial charge on any atom is 0.326 e. The van der Waals surface area contributed by atoms with Gasteiger partial charge in [0.2, 0.25) is 5.88 Å². The number of fused-ring (bicyclic) bond motifs is 1. The molecule has 0 unspecified atom stereocenters. The van der Waals surface area contributed by atoms with Crippen LogP contribution < -0.4 is 27.0 Å². The highest BCUT2D eigenvalue weighted by atomic mass is 19.1. The number of nitrogens with one attached hydrogen (secondary N) is 4. The molecular formula is C26H28FN9O3. The average molecular weight is 534 g/mol. The number of likely N-dealkylation sites (tertiary alicyclic amines) is 1. The Hall–Kier alpha value is -4.52. The number of aromatic nitrogens is 5. The van der Waals surface area contributed by atoms with Crippen molar-refractivity contribution in [3.8, 4) is 5.88 Å². The van der Waals surface area contributed by atoms with E-state index in [4.69, 9.17) is 4.99 Å². The molecule has 0 radical (unpaired) electrons. The van der Waals surface area contributed by atoms with Crippen molar-refractivity contribution >= 4 is 29.1 Å². The molecule has 2 fully saturated rings. The smallest absolute Gasteiger partial charge is 0.326 e. The van der Waals surface area contributed by atoms with Gasteiger partial charge in [0, 0.05) is 29.9 Å². The van der Waals surface area contributed by atoms with Crippen molar-refractivity contribution in [1.82, 2.24) is 34.8 Å². The average Bonchev–Trinajstić information content (AvgIpc) is 3.26. The van der Waals surface area contributed by atoms with E-state index < -0.39 is 11.5 Å². The van der Waals surface area contributed by atoms with Crippen LogP contribution in [0.1, 0.15) is 41.7 Å². The van der Waals surface area contributed by atoms with E-state index in [0.29, 0.717) is 28.7 Å². The Kier molecular flexibility index (Phi) is 6.57. The number of aromatic hydroxyl groups is 1. The highest BCUT2D eigenvalue weighted by Crippen LogP contribution is 2.23. The lowest BCUT2D eigenvalue weighted by atomic mass is 10.2. The molecule has 0 atom stereocenters. The Bertz CT molecular complexity index is 1710. The van der Waals surface area contributed by atoms with Crippen molar-refractivity contribution in [2.45, 2.75) is 31.7 Å². The molecule has 1 amide bonds. The van der Waals surface area contributed by atoms with E-state index in [0.717, 1.165) is 32.5 Å². The Balaban J connectivity index is 1.27. The Labute approximate surface area is 221 Å². The van der Waals surface area contributed by atoms with Crippen LogP contribution in [0.4, 0.5) is 15.9 Å². The summed E-state index contributed by atoms with van der Waals surface area (Å²) in [4.78, 5) is 40.4. The molecule has 4 heterocycles. The number of amides is 1. The van der Waals surface area contributed by atoms with Gasteiger partial charge in [0.25, 0.3) is 5.91 Å². The molecule has 1 saturated carbocycles. The molecule has 6 rings (SSSR count). The van der Waals surface area contributed by atoms with Crippen LogP contribution in [0.15, 0.2) is 40.2 Å². The standard InChI is InChI=1S/C26H28FN9O3/c27-18-11-15(24(37)28-7-10-35-8-1-2-9-35)3-6-19(18)31-21-13-22(30-17-4-5-17)36-23(33-21)16(14-29-36)12-20-25(38)34-26(39)32-20/h3,6,11-14,17,31,38H,1-2,4-5,7-10H2,(H,28,37)(H2,32,34,39)/b16-12-,30-22?. The van der Waals surface area contributed by atoms with Crippen LogP contribution in [0.2, 0.25) is 0 Å². The number of benzene rings is 1. The quantitative estimate of drug-likeness (QED) is 0.224.